The van der Waals surface area contributed by atoms with E-state index in [1.807, 2.05) is 0 Å². The van der Waals surface area contributed by atoms with Gasteiger partial charge in [-0.2, -0.15) is 0 Å². The van der Waals surface area contributed by atoms with Gasteiger partial charge in [0, 0.05) is 19.1 Å². The molecule has 2 aliphatic carbocycles. The molecule has 0 amide bonds. The molecule has 0 unspecified atom stereocenters. The van der Waals surface area contributed by atoms with Crippen LogP contribution in [-0.4, -0.2) is 37.6 Å². The van der Waals surface area contributed by atoms with Gasteiger partial charge in [-0.25, -0.2) is 0 Å². The molecule has 2 aliphatic rings. The molecule has 2 rings (SSSR count). The maximum atomic E-state index is 3.74. The van der Waals surface area contributed by atoms with Gasteiger partial charge in [0.1, 0.15) is 0 Å². The van der Waals surface area contributed by atoms with Gasteiger partial charge in [-0.15, -0.1) is 0 Å². The largest absolute Gasteiger partial charge is 0.316 e. The first-order valence-electron chi connectivity index (χ1n) is 9.67. The van der Waals surface area contributed by atoms with E-state index in [0.29, 0.717) is 5.41 Å². The third-order valence-corrected chi connectivity index (χ3v) is 5.87. The number of hydrogen-bond acceptors (Lipinski definition) is 2. The zero-order valence-electron chi connectivity index (χ0n) is 14.6. The Kier molecular flexibility index (Phi) is 7.53. The third kappa shape index (κ3) is 5.56. The Morgan fingerprint density at radius 1 is 0.952 bits per heavy atom. The van der Waals surface area contributed by atoms with Crippen LogP contribution in [0.25, 0.3) is 0 Å². The van der Waals surface area contributed by atoms with Crippen molar-refractivity contribution in [2.24, 2.45) is 5.41 Å². The molecule has 2 saturated carbocycles. The van der Waals surface area contributed by atoms with Crippen LogP contribution in [0, 0.1) is 5.41 Å². The summed E-state index contributed by atoms with van der Waals surface area (Å²) in [5, 5.41) is 3.74. The van der Waals surface area contributed by atoms with E-state index in [4.69, 9.17) is 0 Å². The lowest BCUT2D eigenvalue weighted by atomic mass is 9.73. The second-order valence-corrected chi connectivity index (χ2v) is 7.80. The van der Waals surface area contributed by atoms with Gasteiger partial charge in [-0.3, -0.25) is 0 Å². The van der Waals surface area contributed by atoms with Crippen molar-refractivity contribution in [1.82, 2.24) is 10.2 Å². The van der Waals surface area contributed by atoms with Gasteiger partial charge in [-0.1, -0.05) is 51.9 Å². The minimum absolute atomic E-state index is 0.564. The average molecular weight is 295 g/mol. The van der Waals surface area contributed by atoms with E-state index in [1.165, 1.54) is 96.7 Å². The number of nitrogens with one attached hydrogen (secondary N) is 1. The molecule has 0 saturated heterocycles. The highest BCUT2D eigenvalue weighted by Gasteiger charge is 2.34. The highest BCUT2D eigenvalue weighted by Crippen LogP contribution is 2.37. The summed E-state index contributed by atoms with van der Waals surface area (Å²) >= 11 is 0. The van der Waals surface area contributed by atoms with Gasteiger partial charge in [0.2, 0.25) is 0 Å². The second-order valence-electron chi connectivity index (χ2n) is 7.80. The summed E-state index contributed by atoms with van der Waals surface area (Å²) in [6, 6.07) is 0.859. The Labute approximate surface area is 133 Å². The summed E-state index contributed by atoms with van der Waals surface area (Å²) in [6.07, 6.45) is 17.2. The summed E-state index contributed by atoms with van der Waals surface area (Å²) in [6.45, 7) is 6.04. The molecule has 0 atom stereocenters. The van der Waals surface area contributed by atoms with Crippen molar-refractivity contribution in [2.75, 3.05) is 26.7 Å². The first kappa shape index (κ1) is 17.3. The van der Waals surface area contributed by atoms with Crippen LogP contribution in [-0.2, 0) is 0 Å². The fourth-order valence-corrected chi connectivity index (χ4v) is 4.58. The maximum Gasteiger partial charge on any atom is 0.00924 e. The topological polar surface area (TPSA) is 15.3 Å². The minimum Gasteiger partial charge on any atom is -0.316 e. The fraction of sp³-hybridized carbons (Fsp3) is 1.00. The monoisotopic (exact) mass is 294 g/mol. The summed E-state index contributed by atoms with van der Waals surface area (Å²) in [7, 11) is 2.41. The molecule has 0 aromatic rings. The van der Waals surface area contributed by atoms with Crippen molar-refractivity contribution in [3.63, 3.8) is 0 Å². The molecular weight excluding hydrogens is 256 g/mol. The Hall–Kier alpha value is -0.0800. The molecule has 2 heteroatoms. The first-order valence-corrected chi connectivity index (χ1v) is 9.67. The number of rotatable bonds is 7. The summed E-state index contributed by atoms with van der Waals surface area (Å²) in [5.74, 6) is 0. The smallest absolute Gasteiger partial charge is 0.00924 e. The van der Waals surface area contributed by atoms with Crippen LogP contribution < -0.4 is 5.32 Å². The standard InChI is InChI=1S/C19H38N2/c1-3-15-20-16-19(13-9-6-10-14-19)17-21(2)18-11-7-4-5-8-12-18/h18,20H,3-17H2,1-2H3. The average Bonchev–Trinajstić information content (AvgIpc) is 2.77. The molecule has 0 aromatic heterocycles. The van der Waals surface area contributed by atoms with E-state index in [-0.39, 0.29) is 0 Å². The van der Waals surface area contributed by atoms with E-state index in [2.05, 4.69) is 24.2 Å². The lowest BCUT2D eigenvalue weighted by molar-refractivity contribution is 0.0875. The molecule has 2 nitrogen and oxygen atoms in total. The Bertz CT molecular complexity index is 263. The highest BCUT2D eigenvalue weighted by atomic mass is 15.1. The second kappa shape index (κ2) is 9.15. The van der Waals surface area contributed by atoms with Crippen molar-refractivity contribution < 1.29 is 0 Å². The molecule has 0 spiro atoms. The zero-order valence-corrected chi connectivity index (χ0v) is 14.6. The zero-order chi connectivity index (χ0) is 15.0. The Morgan fingerprint density at radius 3 is 2.19 bits per heavy atom. The molecule has 0 radical (unpaired) electrons. The van der Waals surface area contributed by atoms with Crippen LogP contribution in [0.5, 0.6) is 0 Å². The van der Waals surface area contributed by atoms with Gasteiger partial charge < -0.3 is 10.2 Å². The van der Waals surface area contributed by atoms with Crippen LogP contribution in [0.4, 0.5) is 0 Å². The first-order chi connectivity index (χ1) is 10.3. The van der Waals surface area contributed by atoms with Crippen molar-refractivity contribution in [1.29, 1.82) is 0 Å². The SMILES string of the molecule is CCCNCC1(CN(C)C2CCCCCC2)CCCCC1. The van der Waals surface area contributed by atoms with Gasteiger partial charge in [0.05, 0.1) is 0 Å². The van der Waals surface area contributed by atoms with Gasteiger partial charge in [0.25, 0.3) is 0 Å². The van der Waals surface area contributed by atoms with E-state index >= 15 is 0 Å². The Balaban J connectivity index is 1.89. The highest BCUT2D eigenvalue weighted by molar-refractivity contribution is 4.89. The predicted molar refractivity (Wildman–Crippen MR) is 92.8 cm³/mol. The minimum atomic E-state index is 0.564. The molecule has 0 aromatic carbocycles. The molecule has 0 heterocycles. The van der Waals surface area contributed by atoms with E-state index in [1.54, 1.807) is 0 Å². The van der Waals surface area contributed by atoms with Gasteiger partial charge >= 0.3 is 0 Å². The molecule has 1 N–H and O–H groups in total. The van der Waals surface area contributed by atoms with Crippen LogP contribution >= 0.6 is 0 Å². The molecular formula is C19H38N2. The van der Waals surface area contributed by atoms with Crippen LogP contribution in [0.15, 0.2) is 0 Å². The number of nitrogens with zero attached hydrogens (tertiary/aromatic N) is 1. The predicted octanol–water partition coefficient (Wildman–Crippen LogP) is 4.59. The summed E-state index contributed by atoms with van der Waals surface area (Å²) < 4.78 is 0. The molecule has 124 valence electrons. The van der Waals surface area contributed by atoms with Crippen LogP contribution in [0.1, 0.15) is 84.0 Å². The third-order valence-electron chi connectivity index (χ3n) is 5.87. The van der Waals surface area contributed by atoms with Crippen molar-refractivity contribution in [2.45, 2.75) is 90.0 Å². The van der Waals surface area contributed by atoms with Crippen molar-refractivity contribution in [3.05, 3.63) is 0 Å². The molecule has 0 aliphatic heterocycles. The van der Waals surface area contributed by atoms with E-state index in [9.17, 15) is 0 Å². The lowest BCUT2D eigenvalue weighted by Crippen LogP contribution is -2.47. The fourth-order valence-electron chi connectivity index (χ4n) is 4.58. The van der Waals surface area contributed by atoms with Crippen LogP contribution in [0.3, 0.4) is 0 Å². The van der Waals surface area contributed by atoms with Crippen LogP contribution in [0.2, 0.25) is 0 Å². The maximum absolute atomic E-state index is 3.74. The van der Waals surface area contributed by atoms with E-state index < -0.39 is 0 Å². The van der Waals surface area contributed by atoms with Crippen molar-refractivity contribution in [3.8, 4) is 0 Å². The normalized spacial score (nSPS) is 24.1. The van der Waals surface area contributed by atoms with E-state index in [0.717, 1.165) is 6.04 Å². The van der Waals surface area contributed by atoms with Crippen molar-refractivity contribution >= 4 is 0 Å². The molecule has 2 fully saturated rings. The lowest BCUT2D eigenvalue weighted by Gasteiger charge is -2.42. The van der Waals surface area contributed by atoms with Gasteiger partial charge in [0.15, 0.2) is 0 Å². The molecule has 21 heavy (non-hydrogen) atoms. The Morgan fingerprint density at radius 2 is 1.57 bits per heavy atom. The van der Waals surface area contributed by atoms with Gasteiger partial charge in [-0.05, 0) is 51.1 Å². The number of hydrogen-bond donors (Lipinski definition) is 1. The molecule has 0 bridgehead atoms. The summed E-state index contributed by atoms with van der Waals surface area (Å²) in [5.41, 5.74) is 0.564. The summed E-state index contributed by atoms with van der Waals surface area (Å²) in [4.78, 5) is 2.74. The quantitative estimate of drug-likeness (QED) is 0.545.